The van der Waals surface area contributed by atoms with Crippen molar-refractivity contribution in [1.82, 2.24) is 9.97 Å². The van der Waals surface area contributed by atoms with Crippen LogP contribution in [0.15, 0.2) is 84.2 Å². The van der Waals surface area contributed by atoms with Gasteiger partial charge in [0.1, 0.15) is 22.0 Å². The van der Waals surface area contributed by atoms with E-state index in [-0.39, 0.29) is 0 Å². The first-order valence-electron chi connectivity index (χ1n) is 10.5. The van der Waals surface area contributed by atoms with Gasteiger partial charge in [0.25, 0.3) is 0 Å². The molecule has 3 aromatic carbocycles. The molecule has 5 rings (SSSR count). The van der Waals surface area contributed by atoms with E-state index in [1.54, 1.807) is 13.2 Å². The van der Waals surface area contributed by atoms with Crippen LogP contribution in [0, 0.1) is 11.3 Å². The second kappa shape index (κ2) is 9.48. The maximum absolute atomic E-state index is 9.82. The number of ether oxygens (including phenoxy) is 1. The monoisotopic (exact) mass is 479 g/mol. The number of halogens is 1. The minimum Gasteiger partial charge on any atom is -0.497 e. The van der Waals surface area contributed by atoms with Crippen molar-refractivity contribution in [2.45, 2.75) is 0 Å². The first kappa shape index (κ1) is 21.8. The maximum atomic E-state index is 9.82. The Morgan fingerprint density at radius 3 is 2.41 bits per heavy atom. The lowest BCUT2D eigenvalue weighted by molar-refractivity contribution is 0.415. The quantitative estimate of drug-likeness (QED) is 0.191. The van der Waals surface area contributed by atoms with Gasteiger partial charge in [-0.2, -0.15) is 5.26 Å². The van der Waals surface area contributed by atoms with Crippen molar-refractivity contribution in [3.63, 3.8) is 0 Å². The normalized spacial score (nSPS) is 11.4. The number of fused-ring (bicyclic) bond motifs is 1. The number of rotatable bonds is 5. The van der Waals surface area contributed by atoms with E-state index in [1.165, 1.54) is 16.9 Å². The summed E-state index contributed by atoms with van der Waals surface area (Å²) in [4.78, 5) is 9.18. The Hall–Kier alpha value is -3.98. The molecule has 0 atom stereocenters. The number of methoxy groups -OCH3 is 1. The van der Waals surface area contributed by atoms with E-state index in [1.807, 2.05) is 47.8 Å². The number of aromatic nitrogens is 2. The highest BCUT2D eigenvalue weighted by Gasteiger charge is 2.12. The van der Waals surface area contributed by atoms with Gasteiger partial charge in [-0.05, 0) is 35.4 Å². The third-order valence-corrected chi connectivity index (χ3v) is 6.63. The van der Waals surface area contributed by atoms with Crippen LogP contribution in [0.25, 0.3) is 44.9 Å². The fraction of sp³-hybridized carbons (Fsp3) is 0.0357. The van der Waals surface area contributed by atoms with Crippen molar-refractivity contribution in [3.8, 4) is 34.2 Å². The Morgan fingerprint density at radius 1 is 0.941 bits per heavy atom. The molecule has 2 aromatic heterocycles. The Labute approximate surface area is 206 Å². The highest BCUT2D eigenvalue weighted by Crippen LogP contribution is 2.31. The standard InChI is InChI=1S/C28H18ClN3OS/c1-33-24-12-11-21-13-22(27(29)31-25(21)15-24)14-23(16-30)28-32-26(17-34-28)20-9-7-19(8-10-20)18-5-3-2-4-6-18/h2-15,17H,1H3/b23-14+. The predicted octanol–water partition coefficient (Wildman–Crippen LogP) is 7.75. The van der Waals surface area contributed by atoms with Crippen molar-refractivity contribution in [2.75, 3.05) is 7.11 Å². The van der Waals surface area contributed by atoms with E-state index in [4.69, 9.17) is 21.3 Å². The lowest BCUT2D eigenvalue weighted by Gasteiger charge is -2.05. The van der Waals surface area contributed by atoms with Gasteiger partial charge < -0.3 is 4.74 Å². The van der Waals surface area contributed by atoms with E-state index in [0.717, 1.165) is 27.7 Å². The Morgan fingerprint density at radius 2 is 1.68 bits per heavy atom. The molecule has 0 amide bonds. The summed E-state index contributed by atoms with van der Waals surface area (Å²) in [5.41, 5.74) is 5.98. The average Bonchev–Trinajstić information content (AvgIpc) is 3.38. The number of nitrogens with zero attached hydrogens (tertiary/aromatic N) is 3. The van der Waals surface area contributed by atoms with Crippen LogP contribution in [0.1, 0.15) is 10.6 Å². The Bertz CT molecular complexity index is 1550. The number of hydrogen-bond acceptors (Lipinski definition) is 5. The molecule has 34 heavy (non-hydrogen) atoms. The van der Waals surface area contributed by atoms with Crippen LogP contribution in [-0.4, -0.2) is 17.1 Å². The molecule has 0 aliphatic carbocycles. The van der Waals surface area contributed by atoms with Gasteiger partial charge in [-0.15, -0.1) is 11.3 Å². The third kappa shape index (κ3) is 4.42. The smallest absolute Gasteiger partial charge is 0.137 e. The van der Waals surface area contributed by atoms with Gasteiger partial charge >= 0.3 is 0 Å². The molecule has 0 aliphatic heterocycles. The fourth-order valence-corrected chi connectivity index (χ4v) is 4.65. The highest BCUT2D eigenvalue weighted by atomic mass is 35.5. The van der Waals surface area contributed by atoms with Gasteiger partial charge in [-0.25, -0.2) is 9.97 Å². The molecule has 5 aromatic rings. The predicted molar refractivity (Wildman–Crippen MR) is 140 cm³/mol. The minimum atomic E-state index is 0.321. The van der Waals surface area contributed by atoms with Gasteiger partial charge in [0.2, 0.25) is 0 Å². The van der Waals surface area contributed by atoms with Crippen molar-refractivity contribution in [3.05, 3.63) is 100.0 Å². The lowest BCUT2D eigenvalue weighted by atomic mass is 10.0. The van der Waals surface area contributed by atoms with Crippen LogP contribution in [0.2, 0.25) is 5.15 Å². The number of benzene rings is 3. The van der Waals surface area contributed by atoms with Crippen molar-refractivity contribution < 1.29 is 4.74 Å². The molecule has 0 radical (unpaired) electrons. The topological polar surface area (TPSA) is 58.8 Å². The summed E-state index contributed by atoms with van der Waals surface area (Å²) in [6, 6.07) is 28.3. The van der Waals surface area contributed by atoms with E-state index < -0.39 is 0 Å². The molecule has 0 saturated carbocycles. The first-order chi connectivity index (χ1) is 16.6. The van der Waals surface area contributed by atoms with Gasteiger partial charge in [-0.1, -0.05) is 66.2 Å². The molecule has 0 fully saturated rings. The maximum Gasteiger partial charge on any atom is 0.137 e. The van der Waals surface area contributed by atoms with Crippen LogP contribution >= 0.6 is 22.9 Å². The first-order valence-corrected chi connectivity index (χ1v) is 11.8. The van der Waals surface area contributed by atoms with Crippen LogP contribution < -0.4 is 4.74 Å². The van der Waals surface area contributed by atoms with Gasteiger partial charge in [0, 0.05) is 28.0 Å². The van der Waals surface area contributed by atoms with Crippen LogP contribution in [0.4, 0.5) is 0 Å². The third-order valence-electron chi connectivity index (χ3n) is 5.45. The summed E-state index contributed by atoms with van der Waals surface area (Å²) in [5, 5.41) is 13.7. The lowest BCUT2D eigenvalue weighted by Crippen LogP contribution is -1.89. The molecule has 0 saturated heterocycles. The Kier molecular flexibility index (Phi) is 6.09. The number of pyridine rings is 1. The van der Waals surface area contributed by atoms with Gasteiger partial charge in [-0.3, -0.25) is 0 Å². The molecule has 0 spiro atoms. The molecule has 0 bridgehead atoms. The van der Waals surface area contributed by atoms with E-state index >= 15 is 0 Å². The number of hydrogen-bond donors (Lipinski definition) is 0. The number of nitriles is 1. The molecule has 4 nitrogen and oxygen atoms in total. The summed E-state index contributed by atoms with van der Waals surface area (Å²) in [5.74, 6) is 0.712. The summed E-state index contributed by atoms with van der Waals surface area (Å²) in [7, 11) is 1.61. The summed E-state index contributed by atoms with van der Waals surface area (Å²) < 4.78 is 5.25. The molecule has 2 heterocycles. The molecule has 0 aliphatic rings. The van der Waals surface area contributed by atoms with Crippen LogP contribution in [0.5, 0.6) is 5.75 Å². The zero-order valence-electron chi connectivity index (χ0n) is 18.2. The Balaban J connectivity index is 1.45. The highest BCUT2D eigenvalue weighted by molar-refractivity contribution is 7.11. The molecule has 0 unspecified atom stereocenters. The van der Waals surface area contributed by atoms with Gasteiger partial charge in [0.15, 0.2) is 0 Å². The zero-order chi connectivity index (χ0) is 23.5. The SMILES string of the molecule is COc1ccc2cc(/C=C(\C#N)c3nc(-c4ccc(-c5ccccc5)cc4)cs3)c(Cl)nc2c1. The zero-order valence-corrected chi connectivity index (χ0v) is 19.8. The molecular weight excluding hydrogens is 462 g/mol. The van der Waals surface area contributed by atoms with Crippen molar-refractivity contribution in [2.24, 2.45) is 0 Å². The second-order valence-electron chi connectivity index (χ2n) is 7.58. The number of thiazole rings is 1. The number of allylic oxidation sites excluding steroid dienone is 1. The van der Waals surface area contributed by atoms with E-state index in [0.29, 0.717) is 27.0 Å². The largest absolute Gasteiger partial charge is 0.497 e. The van der Waals surface area contributed by atoms with E-state index in [9.17, 15) is 5.26 Å². The fourth-order valence-electron chi connectivity index (χ4n) is 3.66. The average molecular weight is 480 g/mol. The van der Waals surface area contributed by atoms with Crippen LogP contribution in [0.3, 0.4) is 0 Å². The molecule has 0 N–H and O–H groups in total. The van der Waals surface area contributed by atoms with Crippen molar-refractivity contribution in [1.29, 1.82) is 5.26 Å². The van der Waals surface area contributed by atoms with Crippen molar-refractivity contribution >= 4 is 45.5 Å². The second-order valence-corrected chi connectivity index (χ2v) is 8.79. The molecule has 164 valence electrons. The molecular formula is C28H18ClN3OS. The van der Waals surface area contributed by atoms with Gasteiger partial charge in [0.05, 0.1) is 23.9 Å². The van der Waals surface area contributed by atoms with E-state index in [2.05, 4.69) is 47.5 Å². The summed E-state index contributed by atoms with van der Waals surface area (Å²) >= 11 is 7.86. The minimum absolute atomic E-state index is 0.321. The van der Waals surface area contributed by atoms with Crippen LogP contribution in [-0.2, 0) is 0 Å². The summed E-state index contributed by atoms with van der Waals surface area (Å²) in [6.45, 7) is 0. The summed E-state index contributed by atoms with van der Waals surface area (Å²) in [6.07, 6.45) is 1.74. The molecule has 6 heteroatoms.